The number of alkyl halides is 3. The van der Waals surface area contributed by atoms with Crippen molar-refractivity contribution in [1.82, 2.24) is 8.98 Å². The summed E-state index contributed by atoms with van der Waals surface area (Å²) in [5.41, 5.74) is 0.426. The highest BCUT2D eigenvalue weighted by atomic mass is 32.2. The number of benzene rings is 3. The van der Waals surface area contributed by atoms with Gasteiger partial charge in [0.05, 0.1) is 35.2 Å². The molecule has 10 nitrogen and oxygen atoms in total. The molecule has 0 saturated carbocycles. The Bertz CT molecular complexity index is 1990. The number of thiazole rings is 1. The fourth-order valence-corrected chi connectivity index (χ4v) is 5.83. The van der Waals surface area contributed by atoms with Gasteiger partial charge in [-0.3, -0.25) is 0 Å². The van der Waals surface area contributed by atoms with Crippen LogP contribution < -0.4 is 14.3 Å². The van der Waals surface area contributed by atoms with Crippen LogP contribution in [0.3, 0.4) is 0 Å². The van der Waals surface area contributed by atoms with Crippen LogP contribution in [0.1, 0.15) is 37.5 Å². The molecular weight excluding hydrogens is 658 g/mol. The minimum absolute atomic E-state index is 0.0253. The SMILES string of the molecule is COc1cc(/C=N/n2c(-c3cccc(C(F)(F)F)c3)csc2=Nc2cc(S(=O)(=O)N(C)C)ccc2C)ccc1OC(=O)OC(C)(C)C. The molecule has 4 aromatic rings. The second-order valence-electron chi connectivity index (χ2n) is 11.4. The fourth-order valence-electron chi connectivity index (χ4n) is 4.06. The molecule has 0 aliphatic carbocycles. The van der Waals surface area contributed by atoms with Crippen molar-refractivity contribution in [3.8, 4) is 22.8 Å². The quantitative estimate of drug-likeness (QED) is 0.110. The molecule has 3 aromatic carbocycles. The molecule has 47 heavy (non-hydrogen) atoms. The second kappa shape index (κ2) is 13.7. The van der Waals surface area contributed by atoms with Crippen molar-refractivity contribution in [2.75, 3.05) is 21.2 Å². The summed E-state index contributed by atoms with van der Waals surface area (Å²) in [6, 6.07) is 14.0. The van der Waals surface area contributed by atoms with E-state index < -0.39 is 33.5 Å². The van der Waals surface area contributed by atoms with E-state index in [2.05, 4.69) is 10.1 Å². The van der Waals surface area contributed by atoms with E-state index in [1.54, 1.807) is 51.3 Å². The Kier molecular flexibility index (Phi) is 10.3. The summed E-state index contributed by atoms with van der Waals surface area (Å²) >= 11 is 1.11. The molecule has 0 radical (unpaired) electrons. The average Bonchev–Trinajstić information content (AvgIpc) is 3.38. The van der Waals surface area contributed by atoms with Gasteiger partial charge in [-0.25, -0.2) is 27.2 Å². The molecule has 0 bridgehead atoms. The Morgan fingerprint density at radius 3 is 2.36 bits per heavy atom. The minimum atomic E-state index is -4.57. The lowest BCUT2D eigenvalue weighted by Gasteiger charge is -2.19. The molecule has 0 aliphatic heterocycles. The Labute approximate surface area is 274 Å². The number of ether oxygens (including phenoxy) is 3. The molecule has 1 heterocycles. The highest BCUT2D eigenvalue weighted by Gasteiger charge is 2.31. The van der Waals surface area contributed by atoms with E-state index in [1.165, 1.54) is 62.4 Å². The first-order valence-corrected chi connectivity index (χ1v) is 16.3. The highest BCUT2D eigenvalue weighted by molar-refractivity contribution is 7.89. The number of halogens is 3. The molecule has 4 rings (SSSR count). The Morgan fingerprint density at radius 2 is 1.72 bits per heavy atom. The van der Waals surface area contributed by atoms with Crippen molar-refractivity contribution in [1.29, 1.82) is 0 Å². The number of nitrogens with zero attached hydrogens (tertiary/aromatic N) is 4. The topological polar surface area (TPSA) is 112 Å². The van der Waals surface area contributed by atoms with Crippen molar-refractivity contribution >= 4 is 39.4 Å². The van der Waals surface area contributed by atoms with Gasteiger partial charge >= 0.3 is 12.3 Å². The lowest BCUT2D eigenvalue weighted by Crippen LogP contribution is -2.26. The third-order valence-corrected chi connectivity index (χ3v) is 9.07. The van der Waals surface area contributed by atoms with Crippen LogP contribution in [0, 0.1) is 6.92 Å². The monoisotopic (exact) mass is 690 g/mol. The molecule has 0 N–H and O–H groups in total. The maximum Gasteiger partial charge on any atom is 0.514 e. The second-order valence-corrected chi connectivity index (χ2v) is 14.4. The summed E-state index contributed by atoms with van der Waals surface area (Å²) in [5, 5.41) is 6.17. The molecular formula is C32H33F3N4O6S2. The van der Waals surface area contributed by atoms with Gasteiger partial charge < -0.3 is 14.2 Å². The van der Waals surface area contributed by atoms with Crippen LogP contribution in [-0.4, -0.2) is 56.6 Å². The number of hydrogen-bond acceptors (Lipinski definition) is 9. The van der Waals surface area contributed by atoms with Crippen molar-refractivity contribution in [3.63, 3.8) is 0 Å². The van der Waals surface area contributed by atoms with Gasteiger partial charge in [0, 0.05) is 25.0 Å². The summed E-state index contributed by atoms with van der Waals surface area (Å²) in [6.45, 7) is 6.86. The first-order chi connectivity index (χ1) is 21.9. The van der Waals surface area contributed by atoms with Gasteiger partial charge in [0.1, 0.15) is 5.60 Å². The minimum Gasteiger partial charge on any atom is -0.493 e. The van der Waals surface area contributed by atoms with Crippen LogP contribution >= 0.6 is 11.3 Å². The summed E-state index contributed by atoms with van der Waals surface area (Å²) in [7, 11) is 0.459. The standard InChI is InChI=1S/C32H33F3N4O6S2/c1-20-11-13-24(47(41,42)38(5)6)17-25(20)37-29-39(26(19-46-29)22-9-8-10-23(16-22)32(33,34)35)36-18-21-12-14-27(28(15-21)43-7)44-30(40)45-31(2,3)4/h8-19H,1-7H3/b36-18+,37-29?. The van der Waals surface area contributed by atoms with E-state index in [0.717, 1.165) is 27.8 Å². The van der Waals surface area contributed by atoms with E-state index in [1.807, 2.05) is 0 Å². The zero-order chi connectivity index (χ0) is 34.7. The molecule has 0 spiro atoms. The molecule has 0 amide bonds. The largest absolute Gasteiger partial charge is 0.514 e. The third kappa shape index (κ3) is 8.67. The van der Waals surface area contributed by atoms with Crippen LogP contribution in [0.5, 0.6) is 11.5 Å². The van der Waals surface area contributed by atoms with Gasteiger partial charge in [0.2, 0.25) is 14.8 Å². The van der Waals surface area contributed by atoms with E-state index in [4.69, 9.17) is 14.2 Å². The lowest BCUT2D eigenvalue weighted by atomic mass is 10.1. The average molecular weight is 691 g/mol. The molecule has 0 saturated heterocycles. The lowest BCUT2D eigenvalue weighted by molar-refractivity contribution is -0.137. The van der Waals surface area contributed by atoms with Crippen molar-refractivity contribution in [3.05, 3.63) is 87.5 Å². The zero-order valence-corrected chi connectivity index (χ0v) is 28.2. The van der Waals surface area contributed by atoms with E-state index in [0.29, 0.717) is 22.5 Å². The molecule has 0 fully saturated rings. The van der Waals surface area contributed by atoms with Gasteiger partial charge in [-0.05, 0) is 81.3 Å². The fraction of sp³-hybridized carbons (Fsp3) is 0.281. The van der Waals surface area contributed by atoms with E-state index in [9.17, 15) is 26.4 Å². The first kappa shape index (κ1) is 35.4. The molecule has 250 valence electrons. The molecule has 0 aliphatic rings. The highest BCUT2D eigenvalue weighted by Crippen LogP contribution is 2.33. The smallest absolute Gasteiger partial charge is 0.493 e. The third-order valence-electron chi connectivity index (χ3n) is 6.44. The van der Waals surface area contributed by atoms with E-state index >= 15 is 0 Å². The van der Waals surface area contributed by atoms with Crippen LogP contribution in [0.2, 0.25) is 0 Å². The van der Waals surface area contributed by atoms with E-state index in [-0.39, 0.29) is 26.8 Å². The maximum absolute atomic E-state index is 13.6. The van der Waals surface area contributed by atoms with Gasteiger partial charge in [0.25, 0.3) is 0 Å². The van der Waals surface area contributed by atoms with Crippen LogP contribution in [0.4, 0.5) is 23.7 Å². The number of carbonyl (C=O) groups is 1. The summed E-state index contributed by atoms with van der Waals surface area (Å²) in [5.74, 6) is 0.304. The maximum atomic E-state index is 13.6. The molecule has 0 atom stereocenters. The number of aryl methyl sites for hydroxylation is 1. The number of methoxy groups -OCH3 is 1. The summed E-state index contributed by atoms with van der Waals surface area (Å²) in [4.78, 5) is 17.2. The number of rotatable bonds is 8. The number of sulfonamides is 1. The Morgan fingerprint density at radius 1 is 1.00 bits per heavy atom. The number of carbonyl (C=O) groups excluding carboxylic acids is 1. The van der Waals surface area contributed by atoms with Crippen molar-refractivity contribution < 1.29 is 40.6 Å². The van der Waals surface area contributed by atoms with Gasteiger partial charge in [0.15, 0.2) is 11.5 Å². The van der Waals surface area contributed by atoms with Gasteiger partial charge in [-0.15, -0.1) is 11.3 Å². The number of hydrogen-bond donors (Lipinski definition) is 0. The van der Waals surface area contributed by atoms with Crippen molar-refractivity contribution in [2.45, 2.75) is 44.4 Å². The Balaban J connectivity index is 1.84. The van der Waals surface area contributed by atoms with Crippen LogP contribution in [0.15, 0.2) is 81.0 Å². The summed E-state index contributed by atoms with van der Waals surface area (Å²) in [6.07, 6.45) is -4.05. The molecule has 15 heteroatoms. The molecule has 1 aromatic heterocycles. The normalized spacial score (nSPS) is 13.0. The Hall–Kier alpha value is -4.47. The van der Waals surface area contributed by atoms with Crippen molar-refractivity contribution in [2.24, 2.45) is 10.1 Å². The predicted molar refractivity (Wildman–Crippen MR) is 173 cm³/mol. The van der Waals surface area contributed by atoms with Gasteiger partial charge in [-0.2, -0.15) is 18.3 Å². The zero-order valence-electron chi connectivity index (χ0n) is 26.6. The first-order valence-electron chi connectivity index (χ1n) is 14.0. The summed E-state index contributed by atoms with van der Waals surface area (Å²) < 4.78 is 84.7. The van der Waals surface area contributed by atoms with Crippen LogP contribution in [-0.2, 0) is 20.9 Å². The van der Waals surface area contributed by atoms with Crippen LogP contribution in [0.25, 0.3) is 11.3 Å². The van der Waals surface area contributed by atoms with Gasteiger partial charge in [-0.1, -0.05) is 18.2 Å². The molecule has 0 unspecified atom stereocenters. The predicted octanol–water partition coefficient (Wildman–Crippen LogP) is 7.23. The number of aromatic nitrogens is 1.